The van der Waals surface area contributed by atoms with Crippen molar-refractivity contribution in [3.8, 4) is 0 Å². The Bertz CT molecular complexity index is 414. The fourth-order valence-electron chi connectivity index (χ4n) is 4.43. The molecule has 0 aromatic heterocycles. The average Bonchev–Trinajstić information content (AvgIpc) is 3.33. The van der Waals surface area contributed by atoms with Crippen molar-refractivity contribution in [3.63, 3.8) is 0 Å². The molecule has 23 heavy (non-hydrogen) atoms. The van der Waals surface area contributed by atoms with Crippen LogP contribution in [0.1, 0.15) is 39.0 Å². The summed E-state index contributed by atoms with van der Waals surface area (Å²) in [5.41, 5.74) is 12.7. The minimum atomic E-state index is -0.762. The van der Waals surface area contributed by atoms with Gasteiger partial charge in [-0.25, -0.2) is 0 Å². The van der Waals surface area contributed by atoms with Crippen LogP contribution >= 0.6 is 0 Å². The van der Waals surface area contributed by atoms with Gasteiger partial charge in [-0.15, -0.1) is 0 Å². The Balaban J connectivity index is 1.61. The van der Waals surface area contributed by atoms with Crippen LogP contribution in [0.2, 0.25) is 0 Å². The zero-order valence-corrected chi connectivity index (χ0v) is 14.0. The summed E-state index contributed by atoms with van der Waals surface area (Å²) in [5, 5.41) is 0. The van der Waals surface area contributed by atoms with Crippen molar-refractivity contribution >= 4 is 0 Å². The highest BCUT2D eigenvalue weighted by Gasteiger charge is 2.57. The normalized spacial score (nSPS) is 38.7. The van der Waals surface area contributed by atoms with Crippen LogP contribution in [0.3, 0.4) is 0 Å². The van der Waals surface area contributed by atoms with E-state index in [1.807, 2.05) is 0 Å². The van der Waals surface area contributed by atoms with Crippen molar-refractivity contribution in [3.05, 3.63) is 0 Å². The molecular formula is C17H30N2O4. The largest absolute Gasteiger partial charge is 0.373 e. The molecule has 5 unspecified atom stereocenters. The van der Waals surface area contributed by atoms with Gasteiger partial charge in [-0.05, 0) is 25.2 Å². The van der Waals surface area contributed by atoms with E-state index in [0.29, 0.717) is 30.7 Å². The van der Waals surface area contributed by atoms with E-state index in [1.54, 1.807) is 0 Å². The van der Waals surface area contributed by atoms with Crippen LogP contribution < -0.4 is 11.5 Å². The molecule has 6 nitrogen and oxygen atoms in total. The highest BCUT2D eigenvalue weighted by molar-refractivity contribution is 5.08. The van der Waals surface area contributed by atoms with Crippen LogP contribution in [0.15, 0.2) is 0 Å². The highest BCUT2D eigenvalue weighted by atomic mass is 16.6. The van der Waals surface area contributed by atoms with Crippen LogP contribution in [0, 0.1) is 11.3 Å². The van der Waals surface area contributed by atoms with Crippen molar-refractivity contribution in [2.45, 2.75) is 69.1 Å². The molecule has 4 N–H and O–H groups in total. The van der Waals surface area contributed by atoms with Gasteiger partial charge in [0.1, 0.15) is 0 Å². The first-order valence-corrected chi connectivity index (χ1v) is 9.06. The second-order valence-corrected chi connectivity index (χ2v) is 7.97. The molecule has 132 valence electrons. The van der Waals surface area contributed by atoms with E-state index in [4.69, 9.17) is 30.4 Å². The third-order valence-corrected chi connectivity index (χ3v) is 6.11. The number of hydrogen-bond donors (Lipinski definition) is 2. The van der Waals surface area contributed by atoms with Gasteiger partial charge in [-0.3, -0.25) is 0 Å². The van der Waals surface area contributed by atoms with Crippen LogP contribution in [-0.2, 0) is 18.9 Å². The lowest BCUT2D eigenvalue weighted by molar-refractivity contribution is -0.00831. The van der Waals surface area contributed by atoms with Gasteiger partial charge in [0.05, 0.1) is 56.5 Å². The Morgan fingerprint density at radius 1 is 0.826 bits per heavy atom. The third kappa shape index (κ3) is 3.72. The smallest absolute Gasteiger partial charge is 0.0840 e. The summed E-state index contributed by atoms with van der Waals surface area (Å²) in [6.07, 6.45) is 5.87. The van der Waals surface area contributed by atoms with E-state index in [1.165, 1.54) is 0 Å². The Morgan fingerprint density at radius 3 is 1.65 bits per heavy atom. The summed E-state index contributed by atoms with van der Waals surface area (Å²) in [6, 6.07) is 0. The lowest BCUT2D eigenvalue weighted by Crippen LogP contribution is -2.66. The first-order chi connectivity index (χ1) is 11.0. The van der Waals surface area contributed by atoms with Crippen LogP contribution in [0.5, 0.6) is 0 Å². The number of rotatable bonds is 11. The van der Waals surface area contributed by atoms with Gasteiger partial charge in [0.2, 0.25) is 0 Å². The summed E-state index contributed by atoms with van der Waals surface area (Å²) < 4.78 is 22.1. The summed E-state index contributed by atoms with van der Waals surface area (Å²) in [5.74, 6) is 0.428. The summed E-state index contributed by atoms with van der Waals surface area (Å²) in [7, 11) is 0. The Labute approximate surface area is 138 Å². The van der Waals surface area contributed by atoms with Crippen molar-refractivity contribution in [2.24, 2.45) is 22.8 Å². The highest BCUT2D eigenvalue weighted by Crippen LogP contribution is 2.53. The second kappa shape index (κ2) is 5.93. The predicted octanol–water partition coefficient (Wildman–Crippen LogP) is 0.768. The molecule has 4 aliphatic rings. The first kappa shape index (κ1) is 16.2. The Hall–Kier alpha value is -0.240. The number of hydrogen-bond acceptors (Lipinski definition) is 6. The summed E-state index contributed by atoms with van der Waals surface area (Å²) in [4.78, 5) is 0. The van der Waals surface area contributed by atoms with Gasteiger partial charge in [-0.1, -0.05) is 13.3 Å². The van der Waals surface area contributed by atoms with Gasteiger partial charge < -0.3 is 30.4 Å². The molecule has 5 atom stereocenters. The molecule has 4 fully saturated rings. The van der Waals surface area contributed by atoms with Crippen molar-refractivity contribution < 1.29 is 18.9 Å². The molecule has 0 bridgehead atoms. The van der Waals surface area contributed by atoms with Gasteiger partial charge in [0, 0.05) is 11.8 Å². The van der Waals surface area contributed by atoms with Gasteiger partial charge >= 0.3 is 0 Å². The molecule has 0 aromatic carbocycles. The molecule has 4 heterocycles. The van der Waals surface area contributed by atoms with E-state index < -0.39 is 5.66 Å². The molecule has 4 aliphatic heterocycles. The standard InChI is InChI=1S/C17H30N2O4/c1-2-11(3-12-7-20-12)16(4-13-8-21-13,5-14-9-22-14)17(18,19)6-15-10-23-15/h11-15H,2-10,18-19H2,1H3. The molecule has 0 saturated carbocycles. The quantitative estimate of drug-likeness (QED) is 0.429. The molecule has 0 radical (unpaired) electrons. The molecule has 4 saturated heterocycles. The van der Waals surface area contributed by atoms with Crippen molar-refractivity contribution in [1.82, 2.24) is 0 Å². The van der Waals surface area contributed by atoms with Gasteiger partial charge in [0.15, 0.2) is 0 Å². The third-order valence-electron chi connectivity index (χ3n) is 6.11. The fraction of sp³-hybridized carbons (Fsp3) is 1.00. The number of epoxide rings is 4. The van der Waals surface area contributed by atoms with E-state index in [0.717, 1.165) is 52.1 Å². The van der Waals surface area contributed by atoms with Gasteiger partial charge in [-0.2, -0.15) is 0 Å². The zero-order chi connectivity index (χ0) is 16.1. The van der Waals surface area contributed by atoms with Crippen molar-refractivity contribution in [2.75, 3.05) is 26.4 Å². The number of ether oxygens (including phenoxy) is 4. The lowest BCUT2D eigenvalue weighted by atomic mass is 9.58. The maximum atomic E-state index is 6.81. The average molecular weight is 326 g/mol. The monoisotopic (exact) mass is 326 g/mol. The molecule has 6 heteroatoms. The van der Waals surface area contributed by atoms with Crippen LogP contribution in [0.25, 0.3) is 0 Å². The maximum Gasteiger partial charge on any atom is 0.0840 e. The van der Waals surface area contributed by atoms with Crippen LogP contribution in [0.4, 0.5) is 0 Å². The van der Waals surface area contributed by atoms with Crippen LogP contribution in [-0.4, -0.2) is 56.5 Å². The molecule has 0 spiro atoms. The molecular weight excluding hydrogens is 296 g/mol. The van der Waals surface area contributed by atoms with Gasteiger partial charge in [0.25, 0.3) is 0 Å². The predicted molar refractivity (Wildman–Crippen MR) is 84.7 cm³/mol. The van der Waals surface area contributed by atoms with E-state index >= 15 is 0 Å². The second-order valence-electron chi connectivity index (χ2n) is 7.97. The van der Waals surface area contributed by atoms with Crippen molar-refractivity contribution in [1.29, 1.82) is 0 Å². The van der Waals surface area contributed by atoms with E-state index in [9.17, 15) is 0 Å². The fourth-order valence-corrected chi connectivity index (χ4v) is 4.43. The minimum Gasteiger partial charge on any atom is -0.373 e. The molecule has 4 rings (SSSR count). The first-order valence-electron chi connectivity index (χ1n) is 9.06. The molecule has 0 amide bonds. The van der Waals surface area contributed by atoms with E-state index in [-0.39, 0.29) is 11.5 Å². The Kier molecular flexibility index (Phi) is 4.19. The zero-order valence-electron chi connectivity index (χ0n) is 14.0. The molecule has 0 aromatic rings. The Morgan fingerprint density at radius 2 is 1.26 bits per heavy atom. The lowest BCUT2D eigenvalue weighted by Gasteiger charge is -2.51. The molecule has 0 aliphatic carbocycles. The van der Waals surface area contributed by atoms with E-state index in [2.05, 4.69) is 6.92 Å². The topological polar surface area (TPSA) is 102 Å². The maximum absolute atomic E-state index is 6.81. The SMILES string of the molecule is CCC(CC1CO1)C(CC1CO1)(CC1CO1)C(N)(N)CC1CO1. The minimum absolute atomic E-state index is 0.179. The number of nitrogens with two attached hydrogens (primary N) is 2. The summed E-state index contributed by atoms with van der Waals surface area (Å²) in [6.45, 7) is 5.57. The summed E-state index contributed by atoms with van der Waals surface area (Å²) >= 11 is 0.